The molecule has 1 atom stereocenters. The van der Waals surface area contributed by atoms with Crippen LogP contribution in [-0.2, 0) is 6.42 Å². The number of benzene rings is 1. The average molecular weight is 276 g/mol. The van der Waals surface area contributed by atoms with Gasteiger partial charge in [0.1, 0.15) is 5.82 Å². The van der Waals surface area contributed by atoms with E-state index in [1.165, 1.54) is 6.07 Å². The van der Waals surface area contributed by atoms with Crippen molar-refractivity contribution in [2.24, 2.45) is 0 Å². The van der Waals surface area contributed by atoms with Crippen LogP contribution in [0, 0.1) is 5.82 Å². The zero-order chi connectivity index (χ0) is 12.7. The second-order valence-corrected chi connectivity index (χ2v) is 5.40. The van der Waals surface area contributed by atoms with E-state index in [-0.39, 0.29) is 5.82 Å². The predicted molar refractivity (Wildman–Crippen MR) is 75.6 cm³/mol. The molecule has 4 heteroatoms. The highest BCUT2D eigenvalue weighted by molar-refractivity contribution is 7.98. The first-order chi connectivity index (χ1) is 8.17. The minimum atomic E-state index is -0.204. The van der Waals surface area contributed by atoms with Crippen LogP contribution < -0.4 is 5.32 Å². The van der Waals surface area contributed by atoms with Gasteiger partial charge in [0, 0.05) is 11.1 Å². The smallest absolute Gasteiger partial charge is 0.127 e. The van der Waals surface area contributed by atoms with E-state index >= 15 is 0 Å². The molecule has 0 aliphatic rings. The number of rotatable bonds is 7. The maximum absolute atomic E-state index is 13.7. The Morgan fingerprint density at radius 2 is 2.24 bits per heavy atom. The van der Waals surface area contributed by atoms with E-state index in [1.54, 1.807) is 12.1 Å². The van der Waals surface area contributed by atoms with Crippen molar-refractivity contribution < 1.29 is 4.39 Å². The van der Waals surface area contributed by atoms with Gasteiger partial charge in [0.2, 0.25) is 0 Å². The summed E-state index contributed by atoms with van der Waals surface area (Å²) < 4.78 is 13.7. The molecule has 0 heterocycles. The SMILES string of the molecule is CCNC(CCSC)Cc1ccc(Cl)cc1F. The van der Waals surface area contributed by atoms with Crippen molar-refractivity contribution in [3.8, 4) is 0 Å². The fourth-order valence-electron chi connectivity index (χ4n) is 1.78. The van der Waals surface area contributed by atoms with Crippen molar-refractivity contribution in [1.29, 1.82) is 0 Å². The molecule has 0 saturated carbocycles. The Morgan fingerprint density at radius 1 is 1.47 bits per heavy atom. The second-order valence-electron chi connectivity index (χ2n) is 3.98. The maximum atomic E-state index is 13.7. The number of halogens is 2. The van der Waals surface area contributed by atoms with Crippen LogP contribution in [-0.4, -0.2) is 24.6 Å². The summed E-state index contributed by atoms with van der Waals surface area (Å²) >= 11 is 7.56. The van der Waals surface area contributed by atoms with E-state index in [9.17, 15) is 4.39 Å². The van der Waals surface area contributed by atoms with Gasteiger partial charge in [-0.05, 0) is 49.1 Å². The van der Waals surface area contributed by atoms with Crippen LogP contribution in [0.3, 0.4) is 0 Å². The van der Waals surface area contributed by atoms with Crippen LogP contribution in [0.2, 0.25) is 5.02 Å². The lowest BCUT2D eigenvalue weighted by Gasteiger charge is -2.17. The van der Waals surface area contributed by atoms with E-state index in [0.717, 1.165) is 30.7 Å². The quantitative estimate of drug-likeness (QED) is 0.813. The Kier molecular flexibility index (Phi) is 6.93. The lowest BCUT2D eigenvalue weighted by atomic mass is 10.0. The summed E-state index contributed by atoms with van der Waals surface area (Å²) in [5, 5.41) is 3.85. The predicted octanol–water partition coefficient (Wildman–Crippen LogP) is 3.75. The van der Waals surface area contributed by atoms with Gasteiger partial charge >= 0.3 is 0 Å². The number of likely N-dealkylation sites (N-methyl/N-ethyl adjacent to an activating group) is 1. The first-order valence-electron chi connectivity index (χ1n) is 5.83. The summed E-state index contributed by atoms with van der Waals surface area (Å²) in [4.78, 5) is 0. The first kappa shape index (κ1) is 14.8. The molecule has 0 bridgehead atoms. The Bertz CT molecular complexity index is 346. The van der Waals surface area contributed by atoms with Crippen LogP contribution >= 0.6 is 23.4 Å². The van der Waals surface area contributed by atoms with E-state index in [4.69, 9.17) is 11.6 Å². The van der Waals surface area contributed by atoms with E-state index in [1.807, 2.05) is 11.8 Å². The second kappa shape index (κ2) is 7.96. The van der Waals surface area contributed by atoms with Crippen molar-refractivity contribution in [1.82, 2.24) is 5.32 Å². The Morgan fingerprint density at radius 3 is 2.82 bits per heavy atom. The Hall–Kier alpha value is -0.250. The number of hydrogen-bond acceptors (Lipinski definition) is 2. The van der Waals surface area contributed by atoms with Crippen molar-refractivity contribution in [2.75, 3.05) is 18.6 Å². The molecule has 96 valence electrons. The summed E-state index contributed by atoms with van der Waals surface area (Å²) in [5.74, 6) is 0.886. The maximum Gasteiger partial charge on any atom is 0.127 e. The van der Waals surface area contributed by atoms with E-state index in [2.05, 4.69) is 18.5 Å². The molecule has 0 aliphatic carbocycles. The fourth-order valence-corrected chi connectivity index (χ4v) is 2.46. The van der Waals surface area contributed by atoms with Crippen LogP contribution in [0.1, 0.15) is 18.9 Å². The van der Waals surface area contributed by atoms with E-state index < -0.39 is 0 Å². The van der Waals surface area contributed by atoms with Gasteiger partial charge in [0.15, 0.2) is 0 Å². The van der Waals surface area contributed by atoms with E-state index in [0.29, 0.717) is 11.1 Å². The summed E-state index contributed by atoms with van der Waals surface area (Å²) in [6.45, 7) is 2.98. The first-order valence-corrected chi connectivity index (χ1v) is 7.60. The van der Waals surface area contributed by atoms with Gasteiger partial charge < -0.3 is 5.32 Å². The summed E-state index contributed by atoms with van der Waals surface area (Å²) in [5.41, 5.74) is 0.737. The summed E-state index contributed by atoms with van der Waals surface area (Å²) in [6, 6.07) is 5.25. The average Bonchev–Trinajstić information content (AvgIpc) is 2.29. The molecule has 17 heavy (non-hydrogen) atoms. The minimum Gasteiger partial charge on any atom is -0.314 e. The lowest BCUT2D eigenvalue weighted by Crippen LogP contribution is -2.31. The van der Waals surface area contributed by atoms with Crippen molar-refractivity contribution in [3.63, 3.8) is 0 Å². The van der Waals surface area contributed by atoms with Gasteiger partial charge in [-0.2, -0.15) is 11.8 Å². The van der Waals surface area contributed by atoms with Crippen molar-refractivity contribution in [3.05, 3.63) is 34.6 Å². The monoisotopic (exact) mass is 275 g/mol. The molecule has 1 rings (SSSR count). The lowest BCUT2D eigenvalue weighted by molar-refractivity contribution is 0.499. The minimum absolute atomic E-state index is 0.204. The van der Waals surface area contributed by atoms with Crippen LogP contribution in [0.15, 0.2) is 18.2 Å². The van der Waals surface area contributed by atoms with Gasteiger partial charge in [0.25, 0.3) is 0 Å². The molecule has 1 unspecified atom stereocenters. The van der Waals surface area contributed by atoms with Crippen LogP contribution in [0.25, 0.3) is 0 Å². The number of thioether (sulfide) groups is 1. The Labute approximate surface area is 112 Å². The van der Waals surface area contributed by atoms with Gasteiger partial charge in [-0.3, -0.25) is 0 Å². The van der Waals surface area contributed by atoms with Crippen LogP contribution in [0.5, 0.6) is 0 Å². The highest BCUT2D eigenvalue weighted by Crippen LogP contribution is 2.17. The molecule has 0 aliphatic heterocycles. The molecule has 1 aromatic rings. The molecule has 1 aromatic carbocycles. The van der Waals surface area contributed by atoms with Crippen molar-refractivity contribution >= 4 is 23.4 Å². The van der Waals surface area contributed by atoms with Gasteiger partial charge in [-0.25, -0.2) is 4.39 Å². The molecular weight excluding hydrogens is 257 g/mol. The molecular formula is C13H19ClFNS. The molecule has 0 fully saturated rings. The van der Waals surface area contributed by atoms with Crippen molar-refractivity contribution in [2.45, 2.75) is 25.8 Å². The normalized spacial score (nSPS) is 12.7. The molecule has 1 N–H and O–H groups in total. The summed E-state index contributed by atoms with van der Waals surface area (Å²) in [6.07, 6.45) is 3.86. The molecule has 1 nitrogen and oxygen atoms in total. The zero-order valence-corrected chi connectivity index (χ0v) is 11.9. The standard InChI is InChI=1S/C13H19ClFNS/c1-3-16-12(6-7-17-2)8-10-4-5-11(14)9-13(10)15/h4-5,9,12,16H,3,6-8H2,1-2H3. The molecule has 0 saturated heterocycles. The number of hydrogen-bond donors (Lipinski definition) is 1. The molecule has 0 amide bonds. The highest BCUT2D eigenvalue weighted by atomic mass is 35.5. The zero-order valence-electron chi connectivity index (χ0n) is 10.3. The van der Waals surface area contributed by atoms with Crippen LogP contribution in [0.4, 0.5) is 4.39 Å². The molecule has 0 aromatic heterocycles. The third-order valence-corrected chi connectivity index (χ3v) is 3.52. The summed E-state index contributed by atoms with van der Waals surface area (Å²) in [7, 11) is 0. The van der Waals surface area contributed by atoms with Gasteiger partial charge in [-0.1, -0.05) is 24.6 Å². The largest absolute Gasteiger partial charge is 0.314 e. The molecule has 0 radical (unpaired) electrons. The third-order valence-electron chi connectivity index (χ3n) is 2.64. The topological polar surface area (TPSA) is 12.0 Å². The number of nitrogens with one attached hydrogen (secondary N) is 1. The third kappa shape index (κ3) is 5.28. The fraction of sp³-hybridized carbons (Fsp3) is 0.538. The Balaban J connectivity index is 2.64. The molecule has 0 spiro atoms. The van der Waals surface area contributed by atoms with Gasteiger partial charge in [-0.15, -0.1) is 0 Å². The highest BCUT2D eigenvalue weighted by Gasteiger charge is 2.11. The van der Waals surface area contributed by atoms with Gasteiger partial charge in [0.05, 0.1) is 0 Å².